The van der Waals surface area contributed by atoms with Crippen LogP contribution < -0.4 is 5.32 Å². The molecule has 0 bridgehead atoms. The topological polar surface area (TPSA) is 24.9 Å². The first-order chi connectivity index (χ1) is 9.58. The van der Waals surface area contributed by atoms with Crippen LogP contribution in [0.1, 0.15) is 52.2 Å². The number of thiazole rings is 1. The van der Waals surface area contributed by atoms with Crippen LogP contribution in [0, 0.1) is 20.8 Å². The van der Waals surface area contributed by atoms with Gasteiger partial charge in [0.2, 0.25) is 0 Å². The van der Waals surface area contributed by atoms with Gasteiger partial charge in [-0.2, -0.15) is 0 Å². The van der Waals surface area contributed by atoms with Gasteiger partial charge in [0.15, 0.2) is 0 Å². The Balaban J connectivity index is 2.47. The molecule has 0 saturated carbocycles. The Morgan fingerprint density at radius 2 is 1.95 bits per heavy atom. The Morgan fingerprint density at radius 1 is 1.20 bits per heavy atom. The lowest BCUT2D eigenvalue weighted by Gasteiger charge is -2.19. The molecule has 2 aromatic rings. The van der Waals surface area contributed by atoms with Gasteiger partial charge < -0.3 is 5.32 Å². The van der Waals surface area contributed by atoms with Crippen LogP contribution in [0.3, 0.4) is 0 Å². The molecule has 1 aromatic carbocycles. The maximum atomic E-state index is 4.85. The Morgan fingerprint density at radius 3 is 2.55 bits per heavy atom. The highest BCUT2D eigenvalue weighted by Gasteiger charge is 2.20. The molecule has 0 saturated heterocycles. The zero-order valence-electron chi connectivity index (χ0n) is 13.1. The highest BCUT2D eigenvalue weighted by molar-refractivity contribution is 7.11. The summed E-state index contributed by atoms with van der Waals surface area (Å²) in [5, 5.41) is 4.79. The van der Waals surface area contributed by atoms with E-state index in [1.807, 2.05) is 11.3 Å². The number of hydrogen-bond acceptors (Lipinski definition) is 3. The van der Waals surface area contributed by atoms with Gasteiger partial charge in [0.05, 0.1) is 11.7 Å². The summed E-state index contributed by atoms with van der Waals surface area (Å²) in [7, 11) is 0. The summed E-state index contributed by atoms with van der Waals surface area (Å²) in [6, 6.07) is 6.75. The number of benzene rings is 1. The molecule has 1 heterocycles. The molecule has 0 amide bonds. The van der Waals surface area contributed by atoms with Crippen molar-refractivity contribution in [3.63, 3.8) is 0 Å². The third kappa shape index (κ3) is 2.94. The molecule has 1 unspecified atom stereocenters. The van der Waals surface area contributed by atoms with E-state index in [0.29, 0.717) is 0 Å². The standard InChI is InChI=1S/C17H24N2S/c1-6-15-13(5)20-17(19-15)16(18-7-2)14-10-8-9-11(3)12(14)4/h8-10,16,18H,6-7H2,1-5H3. The smallest absolute Gasteiger partial charge is 0.115 e. The van der Waals surface area contributed by atoms with E-state index in [9.17, 15) is 0 Å². The van der Waals surface area contributed by atoms with Gasteiger partial charge in [0.1, 0.15) is 5.01 Å². The summed E-state index contributed by atoms with van der Waals surface area (Å²) in [6.07, 6.45) is 1.01. The molecule has 1 N–H and O–H groups in total. The number of rotatable bonds is 5. The molecule has 0 aliphatic rings. The highest BCUT2D eigenvalue weighted by Crippen LogP contribution is 2.31. The van der Waals surface area contributed by atoms with E-state index >= 15 is 0 Å². The maximum Gasteiger partial charge on any atom is 0.115 e. The molecule has 0 radical (unpaired) electrons. The lowest BCUT2D eigenvalue weighted by Crippen LogP contribution is -2.23. The molecule has 20 heavy (non-hydrogen) atoms. The molecule has 2 nitrogen and oxygen atoms in total. The van der Waals surface area contributed by atoms with Crippen LogP contribution in [0.15, 0.2) is 18.2 Å². The van der Waals surface area contributed by atoms with E-state index in [1.165, 1.54) is 32.3 Å². The molecule has 2 rings (SSSR count). The van der Waals surface area contributed by atoms with E-state index < -0.39 is 0 Å². The van der Waals surface area contributed by atoms with Gasteiger partial charge in [-0.1, -0.05) is 32.0 Å². The second kappa shape index (κ2) is 6.51. The van der Waals surface area contributed by atoms with Crippen LogP contribution >= 0.6 is 11.3 Å². The molecular weight excluding hydrogens is 264 g/mol. The summed E-state index contributed by atoms with van der Waals surface area (Å²) < 4.78 is 0. The van der Waals surface area contributed by atoms with Crippen molar-refractivity contribution in [2.45, 2.75) is 47.1 Å². The first kappa shape index (κ1) is 15.2. The largest absolute Gasteiger partial charge is 0.305 e. The van der Waals surface area contributed by atoms with E-state index in [0.717, 1.165) is 13.0 Å². The minimum absolute atomic E-state index is 0.212. The van der Waals surface area contributed by atoms with Crippen molar-refractivity contribution in [2.24, 2.45) is 0 Å². The first-order valence-corrected chi connectivity index (χ1v) is 8.15. The SMILES string of the molecule is CCNC(c1nc(CC)c(C)s1)c1cccc(C)c1C. The number of nitrogens with zero attached hydrogens (tertiary/aromatic N) is 1. The Labute approximate surface area is 126 Å². The summed E-state index contributed by atoms with van der Waals surface area (Å²) >= 11 is 1.82. The van der Waals surface area contributed by atoms with E-state index in [-0.39, 0.29) is 6.04 Å². The highest BCUT2D eigenvalue weighted by atomic mass is 32.1. The molecule has 1 aromatic heterocycles. The summed E-state index contributed by atoms with van der Waals surface area (Å²) in [4.78, 5) is 6.19. The molecule has 3 heteroatoms. The Kier molecular flexibility index (Phi) is 4.95. The van der Waals surface area contributed by atoms with Crippen LogP contribution in [0.2, 0.25) is 0 Å². The quantitative estimate of drug-likeness (QED) is 0.886. The predicted octanol–water partition coefficient (Wildman–Crippen LogP) is 4.33. The lowest BCUT2D eigenvalue weighted by atomic mass is 9.97. The fourth-order valence-corrected chi connectivity index (χ4v) is 3.63. The fourth-order valence-electron chi connectivity index (χ4n) is 2.52. The van der Waals surface area contributed by atoms with Crippen LogP contribution in [0.5, 0.6) is 0 Å². The van der Waals surface area contributed by atoms with Crippen LogP contribution in [-0.2, 0) is 6.42 Å². The van der Waals surface area contributed by atoms with Crippen LogP contribution in [-0.4, -0.2) is 11.5 Å². The van der Waals surface area contributed by atoms with Crippen molar-refractivity contribution in [3.05, 3.63) is 50.5 Å². The average Bonchev–Trinajstić information content (AvgIpc) is 2.80. The minimum Gasteiger partial charge on any atom is -0.305 e. The zero-order chi connectivity index (χ0) is 14.7. The van der Waals surface area contributed by atoms with Crippen LogP contribution in [0.4, 0.5) is 0 Å². The van der Waals surface area contributed by atoms with Crippen molar-refractivity contribution in [3.8, 4) is 0 Å². The monoisotopic (exact) mass is 288 g/mol. The summed E-state index contributed by atoms with van der Waals surface area (Å²) in [6.45, 7) is 11.8. The second-order valence-electron chi connectivity index (χ2n) is 5.19. The predicted molar refractivity (Wildman–Crippen MR) is 87.7 cm³/mol. The lowest BCUT2D eigenvalue weighted by molar-refractivity contribution is 0.622. The van der Waals surface area contributed by atoms with Gasteiger partial charge in [0.25, 0.3) is 0 Å². The van der Waals surface area contributed by atoms with Gasteiger partial charge in [-0.25, -0.2) is 4.98 Å². The molecule has 0 fully saturated rings. The molecule has 0 aliphatic heterocycles. The average molecular weight is 288 g/mol. The van der Waals surface area contributed by atoms with E-state index in [4.69, 9.17) is 4.98 Å². The van der Waals surface area contributed by atoms with Gasteiger partial charge in [-0.05, 0) is 50.4 Å². The number of aromatic nitrogens is 1. The third-order valence-corrected chi connectivity index (χ3v) is 4.93. The van der Waals surface area contributed by atoms with Crippen molar-refractivity contribution >= 4 is 11.3 Å². The second-order valence-corrected chi connectivity index (χ2v) is 6.42. The Hall–Kier alpha value is -1.19. The van der Waals surface area contributed by atoms with E-state index in [1.54, 1.807) is 0 Å². The molecular formula is C17H24N2S. The fraction of sp³-hybridized carbons (Fsp3) is 0.471. The molecule has 0 spiro atoms. The van der Waals surface area contributed by atoms with Crippen LogP contribution in [0.25, 0.3) is 0 Å². The van der Waals surface area contributed by atoms with Crippen molar-refractivity contribution < 1.29 is 0 Å². The van der Waals surface area contributed by atoms with Crippen molar-refractivity contribution in [2.75, 3.05) is 6.54 Å². The molecule has 0 aliphatic carbocycles. The number of nitrogens with one attached hydrogen (secondary N) is 1. The summed E-state index contributed by atoms with van der Waals surface area (Å²) in [5.74, 6) is 0. The first-order valence-electron chi connectivity index (χ1n) is 7.34. The molecule has 1 atom stereocenters. The number of hydrogen-bond donors (Lipinski definition) is 1. The zero-order valence-corrected chi connectivity index (χ0v) is 13.9. The minimum atomic E-state index is 0.212. The normalized spacial score (nSPS) is 12.7. The third-order valence-electron chi connectivity index (χ3n) is 3.86. The maximum absolute atomic E-state index is 4.85. The Bertz CT molecular complexity index is 587. The molecule has 108 valence electrons. The van der Waals surface area contributed by atoms with Gasteiger partial charge >= 0.3 is 0 Å². The number of aryl methyl sites for hydroxylation is 3. The van der Waals surface area contributed by atoms with Gasteiger partial charge in [-0.3, -0.25) is 0 Å². The van der Waals surface area contributed by atoms with Gasteiger partial charge in [-0.15, -0.1) is 11.3 Å². The van der Waals surface area contributed by atoms with Gasteiger partial charge in [0, 0.05) is 4.88 Å². The summed E-state index contributed by atoms with van der Waals surface area (Å²) in [5.41, 5.74) is 5.29. The van der Waals surface area contributed by atoms with E-state index in [2.05, 4.69) is 58.1 Å². The van der Waals surface area contributed by atoms with Crippen molar-refractivity contribution in [1.29, 1.82) is 0 Å². The van der Waals surface area contributed by atoms with Crippen molar-refractivity contribution in [1.82, 2.24) is 10.3 Å².